The van der Waals surface area contributed by atoms with E-state index in [-0.39, 0.29) is 35.8 Å². The Labute approximate surface area is 168 Å². The maximum absolute atomic E-state index is 12.8. The Hall–Kier alpha value is -3.24. The van der Waals surface area contributed by atoms with Gasteiger partial charge < -0.3 is 16.0 Å². The molecule has 1 heterocycles. The molecule has 0 fully saturated rings. The summed E-state index contributed by atoms with van der Waals surface area (Å²) in [4.78, 5) is 35.7. The van der Waals surface area contributed by atoms with Crippen molar-refractivity contribution < 1.29 is 22.8 Å². The number of likely N-dealkylation sites (N-methyl/N-ethyl adjacent to an activating group) is 1. The van der Waals surface area contributed by atoms with Gasteiger partial charge in [0.05, 0.1) is 29.2 Å². The van der Waals surface area contributed by atoms with Gasteiger partial charge in [-0.05, 0) is 23.8 Å². The smallest absolute Gasteiger partial charge is 0.253 e. The number of hydrogen-bond donors (Lipinski definition) is 3. The van der Waals surface area contributed by atoms with Gasteiger partial charge in [0, 0.05) is 13.6 Å². The van der Waals surface area contributed by atoms with Gasteiger partial charge in [-0.25, -0.2) is 8.42 Å². The van der Waals surface area contributed by atoms with Crippen molar-refractivity contribution in [1.82, 2.24) is 14.9 Å². The standard InChI is InChI=1S/C19H20N4O5S/c1-23(12-18(25)20-10-13-5-3-2-4-6-13)29(27,28)14-7-8-16-15(9-14)19(26)21-11-17(24)22-16/h2-9H,10-12H2,1H3,(H,20,25)(H,21,26)(H,22,24). The second-order valence-electron chi connectivity index (χ2n) is 6.46. The van der Waals surface area contributed by atoms with Crippen LogP contribution >= 0.6 is 0 Å². The van der Waals surface area contributed by atoms with E-state index >= 15 is 0 Å². The van der Waals surface area contributed by atoms with E-state index in [0.29, 0.717) is 0 Å². The molecule has 3 N–H and O–H groups in total. The van der Waals surface area contributed by atoms with Gasteiger partial charge in [-0.1, -0.05) is 30.3 Å². The lowest BCUT2D eigenvalue weighted by Crippen LogP contribution is -2.38. The molecule has 1 aliphatic rings. The number of nitrogens with zero attached hydrogens (tertiary/aromatic N) is 1. The van der Waals surface area contributed by atoms with Crippen LogP contribution in [-0.4, -0.2) is 50.6 Å². The molecule has 0 aliphatic carbocycles. The zero-order chi connectivity index (χ0) is 21.0. The predicted molar refractivity (Wildman–Crippen MR) is 106 cm³/mol. The Balaban J connectivity index is 1.72. The summed E-state index contributed by atoms with van der Waals surface area (Å²) in [6.07, 6.45) is 0. The van der Waals surface area contributed by atoms with Gasteiger partial charge in [0.15, 0.2) is 0 Å². The lowest BCUT2D eigenvalue weighted by molar-refractivity contribution is -0.121. The molecular formula is C19H20N4O5S. The fourth-order valence-corrected chi connectivity index (χ4v) is 3.90. The number of hydrogen-bond acceptors (Lipinski definition) is 5. The van der Waals surface area contributed by atoms with E-state index in [4.69, 9.17) is 0 Å². The fourth-order valence-electron chi connectivity index (χ4n) is 2.75. The first kappa shape index (κ1) is 20.5. The van der Waals surface area contributed by atoms with Crippen LogP contribution in [0.3, 0.4) is 0 Å². The largest absolute Gasteiger partial charge is 0.351 e. The molecule has 0 radical (unpaired) electrons. The summed E-state index contributed by atoms with van der Waals surface area (Å²) in [5.74, 6) is -1.42. The van der Waals surface area contributed by atoms with Crippen LogP contribution < -0.4 is 16.0 Å². The van der Waals surface area contributed by atoms with Crippen LogP contribution in [0.5, 0.6) is 0 Å². The molecule has 152 valence electrons. The summed E-state index contributed by atoms with van der Waals surface area (Å²) in [7, 11) is -2.74. The first-order valence-corrected chi connectivity index (χ1v) is 10.2. The van der Waals surface area contributed by atoms with Crippen molar-refractivity contribution in [2.45, 2.75) is 11.4 Å². The molecule has 0 atom stereocenters. The Bertz CT molecular complexity index is 1050. The number of amides is 3. The molecule has 9 nitrogen and oxygen atoms in total. The van der Waals surface area contributed by atoms with Crippen LogP contribution in [0.2, 0.25) is 0 Å². The molecule has 3 amide bonds. The molecule has 2 aromatic rings. The normalized spacial score (nSPS) is 13.9. The number of fused-ring (bicyclic) bond motifs is 1. The van der Waals surface area contributed by atoms with Gasteiger partial charge in [0.1, 0.15) is 0 Å². The van der Waals surface area contributed by atoms with Crippen molar-refractivity contribution in [1.29, 1.82) is 0 Å². The molecule has 1 aliphatic heterocycles. The van der Waals surface area contributed by atoms with Crippen molar-refractivity contribution in [3.63, 3.8) is 0 Å². The Morgan fingerprint density at radius 1 is 1.14 bits per heavy atom. The highest BCUT2D eigenvalue weighted by molar-refractivity contribution is 7.89. The quantitative estimate of drug-likeness (QED) is 0.625. The van der Waals surface area contributed by atoms with E-state index in [9.17, 15) is 22.8 Å². The number of anilines is 1. The first-order valence-electron chi connectivity index (χ1n) is 8.76. The maximum Gasteiger partial charge on any atom is 0.253 e. The first-order chi connectivity index (χ1) is 13.8. The summed E-state index contributed by atoms with van der Waals surface area (Å²) in [6.45, 7) is -0.293. The van der Waals surface area contributed by atoms with Crippen LogP contribution in [0.4, 0.5) is 5.69 Å². The van der Waals surface area contributed by atoms with Gasteiger partial charge >= 0.3 is 0 Å². The average molecular weight is 416 g/mol. The minimum Gasteiger partial charge on any atom is -0.351 e. The summed E-state index contributed by atoms with van der Waals surface area (Å²) < 4.78 is 26.5. The predicted octanol–water partition coefficient (Wildman–Crippen LogP) is 0.305. The average Bonchev–Trinajstić information content (AvgIpc) is 2.85. The van der Waals surface area contributed by atoms with E-state index in [0.717, 1.165) is 9.87 Å². The SMILES string of the molecule is CN(CC(=O)NCc1ccccc1)S(=O)(=O)c1ccc2c(c1)C(=O)NCC(=O)N2. The molecule has 0 aromatic heterocycles. The molecule has 0 bridgehead atoms. The molecule has 0 saturated carbocycles. The van der Waals surface area contributed by atoms with Crippen LogP contribution in [0, 0.1) is 0 Å². The summed E-state index contributed by atoms with van der Waals surface area (Å²) >= 11 is 0. The van der Waals surface area contributed by atoms with Gasteiger partial charge in [-0.15, -0.1) is 0 Å². The molecule has 0 saturated heterocycles. The molecule has 3 rings (SSSR count). The zero-order valence-corrected chi connectivity index (χ0v) is 16.5. The summed E-state index contributed by atoms with van der Waals surface area (Å²) in [6, 6.07) is 13.1. The van der Waals surface area contributed by atoms with Gasteiger partial charge in [0.2, 0.25) is 21.8 Å². The fraction of sp³-hybridized carbons (Fsp3) is 0.211. The monoisotopic (exact) mass is 416 g/mol. The highest BCUT2D eigenvalue weighted by Gasteiger charge is 2.26. The van der Waals surface area contributed by atoms with Gasteiger partial charge in [-0.2, -0.15) is 4.31 Å². The number of rotatable bonds is 6. The minimum absolute atomic E-state index is 0.0406. The van der Waals surface area contributed by atoms with Crippen LogP contribution in [0.25, 0.3) is 0 Å². The number of carbonyl (C=O) groups excluding carboxylic acids is 3. The maximum atomic E-state index is 12.8. The molecular weight excluding hydrogens is 396 g/mol. The number of sulfonamides is 1. The molecule has 2 aromatic carbocycles. The number of nitrogens with one attached hydrogen (secondary N) is 3. The summed E-state index contributed by atoms with van der Waals surface area (Å²) in [5, 5.41) is 7.60. The lowest BCUT2D eigenvalue weighted by Gasteiger charge is -2.18. The second-order valence-corrected chi connectivity index (χ2v) is 8.51. The van der Waals surface area contributed by atoms with E-state index in [1.807, 2.05) is 30.3 Å². The van der Waals surface area contributed by atoms with E-state index in [2.05, 4.69) is 16.0 Å². The van der Waals surface area contributed by atoms with E-state index in [1.165, 1.54) is 25.2 Å². The van der Waals surface area contributed by atoms with Gasteiger partial charge in [-0.3, -0.25) is 14.4 Å². The number of benzene rings is 2. The van der Waals surface area contributed by atoms with Crippen molar-refractivity contribution in [2.75, 3.05) is 25.5 Å². The lowest BCUT2D eigenvalue weighted by atomic mass is 10.1. The molecule has 10 heteroatoms. The number of carbonyl (C=O) groups is 3. The molecule has 29 heavy (non-hydrogen) atoms. The highest BCUT2D eigenvalue weighted by atomic mass is 32.2. The minimum atomic E-state index is -4.02. The van der Waals surface area contributed by atoms with Crippen LogP contribution in [0.15, 0.2) is 53.4 Å². The van der Waals surface area contributed by atoms with Crippen LogP contribution in [0.1, 0.15) is 15.9 Å². The molecule has 0 spiro atoms. The van der Waals surface area contributed by atoms with Crippen molar-refractivity contribution in [3.05, 3.63) is 59.7 Å². The van der Waals surface area contributed by atoms with Crippen molar-refractivity contribution >= 4 is 33.4 Å². The van der Waals surface area contributed by atoms with E-state index in [1.54, 1.807) is 0 Å². The Kier molecular flexibility index (Phi) is 5.95. The second kappa shape index (κ2) is 8.41. The zero-order valence-electron chi connectivity index (χ0n) is 15.6. The van der Waals surface area contributed by atoms with Crippen LogP contribution in [-0.2, 0) is 26.2 Å². The Morgan fingerprint density at radius 2 is 1.86 bits per heavy atom. The third-order valence-electron chi connectivity index (χ3n) is 4.33. The topological polar surface area (TPSA) is 125 Å². The van der Waals surface area contributed by atoms with Crippen molar-refractivity contribution in [2.24, 2.45) is 0 Å². The Morgan fingerprint density at radius 3 is 2.59 bits per heavy atom. The molecule has 0 unspecified atom stereocenters. The highest BCUT2D eigenvalue weighted by Crippen LogP contribution is 2.23. The van der Waals surface area contributed by atoms with Gasteiger partial charge in [0.25, 0.3) is 5.91 Å². The van der Waals surface area contributed by atoms with E-state index < -0.39 is 27.7 Å². The van der Waals surface area contributed by atoms with Crippen molar-refractivity contribution in [3.8, 4) is 0 Å². The third kappa shape index (κ3) is 4.79. The third-order valence-corrected chi connectivity index (χ3v) is 6.13. The summed E-state index contributed by atoms with van der Waals surface area (Å²) in [5.41, 5.74) is 1.16.